The highest BCUT2D eigenvalue weighted by Gasteiger charge is 2.17. The summed E-state index contributed by atoms with van der Waals surface area (Å²) >= 11 is 0. The monoisotopic (exact) mass is 285 g/mol. The number of rotatable bonds is 3. The summed E-state index contributed by atoms with van der Waals surface area (Å²) in [6.45, 7) is 0. The molecule has 1 heterocycles. The molecule has 21 heavy (non-hydrogen) atoms. The van der Waals surface area contributed by atoms with Crippen LogP contribution in [0, 0.1) is 0 Å². The molecule has 0 fully saturated rings. The van der Waals surface area contributed by atoms with Gasteiger partial charge in [0.05, 0.1) is 14.2 Å². The van der Waals surface area contributed by atoms with E-state index in [1.165, 1.54) is 0 Å². The zero-order chi connectivity index (χ0) is 14.8. The van der Waals surface area contributed by atoms with Gasteiger partial charge in [0.1, 0.15) is 5.82 Å². The van der Waals surface area contributed by atoms with Crippen molar-refractivity contribution in [3.05, 3.63) is 29.5 Å². The zero-order valence-electron chi connectivity index (χ0n) is 12.3. The Hall–Kier alpha value is -2.30. The molecule has 0 saturated carbocycles. The average molecular weight is 285 g/mol. The van der Waals surface area contributed by atoms with Crippen molar-refractivity contribution in [1.29, 1.82) is 0 Å². The van der Waals surface area contributed by atoms with Gasteiger partial charge in [0.2, 0.25) is 0 Å². The first-order valence-corrected chi connectivity index (χ1v) is 7.10. The fourth-order valence-corrected chi connectivity index (χ4v) is 2.73. The Kier molecular flexibility index (Phi) is 3.64. The van der Waals surface area contributed by atoms with E-state index in [2.05, 4.69) is 9.97 Å². The molecule has 0 saturated heterocycles. The number of nitrogens with zero attached hydrogens (tertiary/aromatic N) is 2. The van der Waals surface area contributed by atoms with Gasteiger partial charge in [0.25, 0.3) is 0 Å². The smallest absolute Gasteiger partial charge is 0.161 e. The number of aryl methyl sites for hydroxylation is 1. The van der Waals surface area contributed by atoms with Gasteiger partial charge in [-0.05, 0) is 43.9 Å². The molecule has 0 unspecified atom stereocenters. The lowest BCUT2D eigenvalue weighted by Gasteiger charge is -2.17. The molecule has 5 heteroatoms. The second-order valence-electron chi connectivity index (χ2n) is 5.13. The quantitative estimate of drug-likeness (QED) is 0.938. The van der Waals surface area contributed by atoms with E-state index in [-0.39, 0.29) is 0 Å². The van der Waals surface area contributed by atoms with Crippen LogP contribution in [0.5, 0.6) is 11.5 Å². The van der Waals surface area contributed by atoms with E-state index in [9.17, 15) is 0 Å². The number of anilines is 1. The molecular weight excluding hydrogens is 266 g/mol. The fourth-order valence-electron chi connectivity index (χ4n) is 2.73. The van der Waals surface area contributed by atoms with E-state index < -0.39 is 0 Å². The fraction of sp³-hybridized carbons (Fsp3) is 0.375. The lowest BCUT2D eigenvalue weighted by molar-refractivity contribution is 0.355. The Bertz CT molecular complexity index is 671. The SMILES string of the molecule is COc1ccc(-c2nc(N)c3c(n2)CCCC3)cc1OC. The Morgan fingerprint density at radius 2 is 1.76 bits per heavy atom. The second kappa shape index (κ2) is 5.60. The normalized spacial score (nSPS) is 13.6. The van der Waals surface area contributed by atoms with Gasteiger partial charge in [-0.3, -0.25) is 0 Å². The third-order valence-corrected chi connectivity index (χ3v) is 3.86. The maximum atomic E-state index is 6.10. The topological polar surface area (TPSA) is 70.3 Å². The van der Waals surface area contributed by atoms with Gasteiger partial charge < -0.3 is 15.2 Å². The van der Waals surface area contributed by atoms with Crippen LogP contribution in [0.1, 0.15) is 24.1 Å². The molecular formula is C16H19N3O2. The highest BCUT2D eigenvalue weighted by molar-refractivity contribution is 5.63. The molecule has 1 aromatic heterocycles. The summed E-state index contributed by atoms with van der Waals surface area (Å²) < 4.78 is 10.6. The molecule has 1 aromatic carbocycles. The van der Waals surface area contributed by atoms with Crippen LogP contribution >= 0.6 is 0 Å². The van der Waals surface area contributed by atoms with Crippen LogP contribution in [0.4, 0.5) is 5.82 Å². The highest BCUT2D eigenvalue weighted by atomic mass is 16.5. The molecule has 0 amide bonds. The first-order chi connectivity index (χ1) is 10.2. The van der Waals surface area contributed by atoms with Crippen molar-refractivity contribution < 1.29 is 9.47 Å². The van der Waals surface area contributed by atoms with Crippen LogP contribution in [-0.4, -0.2) is 24.2 Å². The van der Waals surface area contributed by atoms with Crippen LogP contribution < -0.4 is 15.2 Å². The Labute approximate surface area is 124 Å². The molecule has 0 radical (unpaired) electrons. The van der Waals surface area contributed by atoms with Crippen molar-refractivity contribution in [1.82, 2.24) is 9.97 Å². The van der Waals surface area contributed by atoms with Crippen LogP contribution in [-0.2, 0) is 12.8 Å². The van der Waals surface area contributed by atoms with Crippen LogP contribution in [0.15, 0.2) is 18.2 Å². The van der Waals surface area contributed by atoms with E-state index in [0.717, 1.165) is 42.5 Å². The van der Waals surface area contributed by atoms with Crippen molar-refractivity contribution >= 4 is 5.82 Å². The third-order valence-electron chi connectivity index (χ3n) is 3.86. The van der Waals surface area contributed by atoms with E-state index >= 15 is 0 Å². The summed E-state index contributed by atoms with van der Waals surface area (Å²) in [5.74, 6) is 2.60. The molecule has 5 nitrogen and oxygen atoms in total. The van der Waals surface area contributed by atoms with E-state index in [1.807, 2.05) is 18.2 Å². The lowest BCUT2D eigenvalue weighted by Crippen LogP contribution is -2.11. The van der Waals surface area contributed by atoms with Crippen molar-refractivity contribution in [2.45, 2.75) is 25.7 Å². The summed E-state index contributed by atoms with van der Waals surface area (Å²) in [6.07, 6.45) is 4.28. The maximum Gasteiger partial charge on any atom is 0.161 e. The van der Waals surface area contributed by atoms with Crippen LogP contribution in [0.2, 0.25) is 0 Å². The summed E-state index contributed by atoms with van der Waals surface area (Å²) in [5.41, 5.74) is 9.18. The number of nitrogen functional groups attached to an aromatic ring is 1. The Morgan fingerprint density at radius 1 is 1.00 bits per heavy atom. The molecule has 0 aliphatic heterocycles. The van der Waals surface area contributed by atoms with Gasteiger partial charge >= 0.3 is 0 Å². The lowest BCUT2D eigenvalue weighted by atomic mass is 9.96. The molecule has 3 rings (SSSR count). The summed E-state index contributed by atoms with van der Waals surface area (Å²) in [7, 11) is 3.23. The van der Waals surface area contributed by atoms with Crippen LogP contribution in [0.25, 0.3) is 11.4 Å². The molecule has 0 atom stereocenters. The molecule has 1 aliphatic carbocycles. The number of benzene rings is 1. The maximum absolute atomic E-state index is 6.10. The Morgan fingerprint density at radius 3 is 2.52 bits per heavy atom. The molecule has 2 aromatic rings. The number of hydrogen-bond donors (Lipinski definition) is 1. The van der Waals surface area contributed by atoms with E-state index in [0.29, 0.717) is 23.1 Å². The number of fused-ring (bicyclic) bond motifs is 1. The number of methoxy groups -OCH3 is 2. The number of ether oxygens (including phenoxy) is 2. The van der Waals surface area contributed by atoms with Gasteiger partial charge in [0, 0.05) is 16.8 Å². The number of nitrogens with two attached hydrogens (primary N) is 1. The van der Waals surface area contributed by atoms with E-state index in [1.54, 1.807) is 14.2 Å². The first kappa shape index (κ1) is 13.7. The Balaban J connectivity index is 2.06. The summed E-state index contributed by atoms with van der Waals surface area (Å²) in [6, 6.07) is 5.65. The van der Waals surface area contributed by atoms with Crippen molar-refractivity contribution in [3.63, 3.8) is 0 Å². The third kappa shape index (κ3) is 2.51. The van der Waals surface area contributed by atoms with Gasteiger partial charge in [-0.1, -0.05) is 0 Å². The predicted molar refractivity (Wildman–Crippen MR) is 81.6 cm³/mol. The minimum atomic E-state index is 0.601. The summed E-state index contributed by atoms with van der Waals surface area (Å²) in [4.78, 5) is 9.15. The standard InChI is InChI=1S/C16H19N3O2/c1-20-13-8-7-10(9-14(13)21-2)16-18-12-6-4-3-5-11(12)15(17)19-16/h7-9H,3-6H2,1-2H3,(H2,17,18,19). The predicted octanol–water partition coefficient (Wildman–Crippen LogP) is 2.62. The number of aromatic nitrogens is 2. The minimum Gasteiger partial charge on any atom is -0.493 e. The minimum absolute atomic E-state index is 0.601. The average Bonchev–Trinajstić information content (AvgIpc) is 2.54. The summed E-state index contributed by atoms with van der Waals surface area (Å²) in [5, 5.41) is 0. The van der Waals surface area contributed by atoms with Gasteiger partial charge in [-0.2, -0.15) is 0 Å². The zero-order valence-corrected chi connectivity index (χ0v) is 12.3. The molecule has 0 spiro atoms. The van der Waals surface area contributed by atoms with Gasteiger partial charge in [-0.25, -0.2) is 9.97 Å². The van der Waals surface area contributed by atoms with Crippen LogP contribution in [0.3, 0.4) is 0 Å². The number of hydrogen-bond acceptors (Lipinski definition) is 5. The van der Waals surface area contributed by atoms with Crippen molar-refractivity contribution in [3.8, 4) is 22.9 Å². The molecule has 0 bridgehead atoms. The largest absolute Gasteiger partial charge is 0.493 e. The molecule has 1 aliphatic rings. The van der Waals surface area contributed by atoms with Crippen molar-refractivity contribution in [2.75, 3.05) is 20.0 Å². The van der Waals surface area contributed by atoms with Gasteiger partial charge in [-0.15, -0.1) is 0 Å². The van der Waals surface area contributed by atoms with Crippen molar-refractivity contribution in [2.24, 2.45) is 0 Å². The first-order valence-electron chi connectivity index (χ1n) is 7.10. The highest BCUT2D eigenvalue weighted by Crippen LogP contribution is 2.32. The molecule has 110 valence electrons. The van der Waals surface area contributed by atoms with Gasteiger partial charge in [0.15, 0.2) is 17.3 Å². The van der Waals surface area contributed by atoms with E-state index in [4.69, 9.17) is 15.2 Å². The molecule has 2 N–H and O–H groups in total. The second-order valence-corrected chi connectivity index (χ2v) is 5.13.